The van der Waals surface area contributed by atoms with Crippen LogP contribution in [0.3, 0.4) is 0 Å². The normalized spacial score (nSPS) is 15.7. The van der Waals surface area contributed by atoms with Crippen molar-refractivity contribution in [1.82, 2.24) is 20.0 Å². The Morgan fingerprint density at radius 3 is 2.90 bits per heavy atom. The van der Waals surface area contributed by atoms with Crippen LogP contribution >= 0.6 is 11.3 Å². The summed E-state index contributed by atoms with van der Waals surface area (Å²) in [5, 5.41) is 7.83. The standard InChI is InChI=1S/C12H15N5O2S/c1-6-8-9(13)10(20-12(8)16(2)15-6)11(19)17-4-3-14-7(18)5-17/h3-5,13H2,1-2H3,(H,14,18). The number of nitrogens with one attached hydrogen (secondary N) is 1. The van der Waals surface area contributed by atoms with Gasteiger partial charge >= 0.3 is 0 Å². The molecular formula is C12H15N5O2S. The number of carbonyl (C=O) groups is 2. The molecule has 1 saturated heterocycles. The zero-order valence-electron chi connectivity index (χ0n) is 11.3. The molecule has 0 aromatic carbocycles. The second-order valence-corrected chi connectivity index (χ2v) is 5.81. The maximum atomic E-state index is 12.5. The molecule has 1 aliphatic heterocycles. The van der Waals surface area contributed by atoms with E-state index in [1.54, 1.807) is 4.68 Å². The van der Waals surface area contributed by atoms with E-state index in [4.69, 9.17) is 5.73 Å². The summed E-state index contributed by atoms with van der Waals surface area (Å²) in [5.41, 5.74) is 7.38. The summed E-state index contributed by atoms with van der Waals surface area (Å²) < 4.78 is 1.73. The maximum Gasteiger partial charge on any atom is 0.266 e. The van der Waals surface area contributed by atoms with Gasteiger partial charge in [-0.25, -0.2) is 0 Å². The number of rotatable bonds is 1. The molecule has 2 aromatic heterocycles. The number of nitrogens with zero attached hydrogens (tertiary/aromatic N) is 3. The average molecular weight is 293 g/mol. The van der Waals surface area contributed by atoms with Crippen LogP contribution in [0.4, 0.5) is 5.69 Å². The van der Waals surface area contributed by atoms with Crippen molar-refractivity contribution in [3.63, 3.8) is 0 Å². The van der Waals surface area contributed by atoms with Crippen LogP contribution in [0.15, 0.2) is 0 Å². The number of nitrogen functional groups attached to an aromatic ring is 1. The highest BCUT2D eigenvalue weighted by Crippen LogP contribution is 2.36. The Morgan fingerprint density at radius 2 is 2.25 bits per heavy atom. The summed E-state index contributed by atoms with van der Waals surface area (Å²) in [7, 11) is 1.83. The second kappa shape index (κ2) is 4.48. The third-order valence-electron chi connectivity index (χ3n) is 3.40. The minimum atomic E-state index is -0.182. The lowest BCUT2D eigenvalue weighted by molar-refractivity contribution is -0.123. The van der Waals surface area contributed by atoms with Crippen LogP contribution in [0.1, 0.15) is 15.4 Å². The van der Waals surface area contributed by atoms with E-state index in [-0.39, 0.29) is 18.4 Å². The molecule has 0 spiro atoms. The molecule has 0 radical (unpaired) electrons. The van der Waals surface area contributed by atoms with Crippen molar-refractivity contribution in [2.24, 2.45) is 7.05 Å². The number of aromatic nitrogens is 2. The van der Waals surface area contributed by atoms with Crippen LogP contribution in [0, 0.1) is 6.92 Å². The van der Waals surface area contributed by atoms with Crippen molar-refractivity contribution in [1.29, 1.82) is 0 Å². The highest BCUT2D eigenvalue weighted by molar-refractivity contribution is 7.21. The average Bonchev–Trinajstić information content (AvgIpc) is 2.88. The van der Waals surface area contributed by atoms with E-state index in [9.17, 15) is 9.59 Å². The highest BCUT2D eigenvalue weighted by Gasteiger charge is 2.27. The number of anilines is 1. The van der Waals surface area contributed by atoms with Crippen molar-refractivity contribution in [2.45, 2.75) is 6.92 Å². The fourth-order valence-corrected chi connectivity index (χ4v) is 3.60. The number of amides is 2. The van der Waals surface area contributed by atoms with Crippen LogP contribution in [-0.4, -0.2) is 46.1 Å². The molecule has 3 heterocycles. The molecule has 2 aromatic rings. The Labute approximate surface area is 119 Å². The molecule has 8 heteroatoms. The topological polar surface area (TPSA) is 93.2 Å². The van der Waals surface area contributed by atoms with E-state index < -0.39 is 0 Å². The summed E-state index contributed by atoms with van der Waals surface area (Å²) in [6.07, 6.45) is 0. The number of hydrogen-bond donors (Lipinski definition) is 2. The number of carbonyl (C=O) groups excluding carboxylic acids is 2. The third-order valence-corrected chi connectivity index (χ3v) is 4.66. The van der Waals surface area contributed by atoms with Crippen molar-refractivity contribution in [2.75, 3.05) is 25.4 Å². The van der Waals surface area contributed by atoms with Crippen LogP contribution in [0.25, 0.3) is 10.2 Å². The van der Waals surface area contributed by atoms with Gasteiger partial charge in [0.2, 0.25) is 5.91 Å². The molecule has 7 nitrogen and oxygen atoms in total. The van der Waals surface area contributed by atoms with Gasteiger partial charge in [-0.05, 0) is 6.92 Å². The summed E-state index contributed by atoms with van der Waals surface area (Å²) in [4.78, 5) is 26.8. The molecule has 0 aliphatic carbocycles. The molecule has 0 atom stereocenters. The second-order valence-electron chi connectivity index (χ2n) is 4.81. The fourth-order valence-electron chi connectivity index (χ4n) is 2.44. The Bertz CT molecular complexity index is 717. The number of thiophene rings is 1. The van der Waals surface area contributed by atoms with Crippen molar-refractivity contribution < 1.29 is 9.59 Å². The number of fused-ring (bicyclic) bond motifs is 1. The van der Waals surface area contributed by atoms with Gasteiger partial charge in [-0.2, -0.15) is 5.10 Å². The van der Waals surface area contributed by atoms with Gasteiger partial charge in [-0.15, -0.1) is 11.3 Å². The molecule has 3 rings (SSSR count). The van der Waals surface area contributed by atoms with E-state index in [0.29, 0.717) is 23.7 Å². The van der Waals surface area contributed by atoms with Gasteiger partial charge in [-0.1, -0.05) is 0 Å². The predicted octanol–water partition coefficient (Wildman–Crippen LogP) is 0.0974. The largest absolute Gasteiger partial charge is 0.397 e. The third kappa shape index (κ3) is 1.83. The van der Waals surface area contributed by atoms with Crippen molar-refractivity contribution >= 4 is 39.1 Å². The minimum absolute atomic E-state index is 0.0871. The van der Waals surface area contributed by atoms with Gasteiger partial charge in [0.25, 0.3) is 5.91 Å². The van der Waals surface area contributed by atoms with Gasteiger partial charge in [0.15, 0.2) is 0 Å². The quantitative estimate of drug-likeness (QED) is 0.779. The maximum absolute atomic E-state index is 12.5. The SMILES string of the molecule is Cc1nn(C)c2sc(C(=O)N3CCNC(=O)C3)c(N)c12. The van der Waals surface area contributed by atoms with Crippen molar-refractivity contribution in [3.8, 4) is 0 Å². The number of aryl methyl sites for hydroxylation is 2. The van der Waals surface area contributed by atoms with Crippen LogP contribution < -0.4 is 11.1 Å². The van der Waals surface area contributed by atoms with Gasteiger partial charge in [0.1, 0.15) is 9.71 Å². The first-order valence-electron chi connectivity index (χ1n) is 6.26. The summed E-state index contributed by atoms with van der Waals surface area (Å²) in [5.74, 6) is -0.319. The summed E-state index contributed by atoms with van der Waals surface area (Å²) in [6, 6.07) is 0. The first-order valence-corrected chi connectivity index (χ1v) is 7.08. The summed E-state index contributed by atoms with van der Waals surface area (Å²) in [6.45, 7) is 2.95. The molecular weight excluding hydrogens is 278 g/mol. The Balaban J connectivity index is 2.01. The van der Waals surface area contributed by atoms with Gasteiger partial charge in [-0.3, -0.25) is 14.3 Å². The lowest BCUT2D eigenvalue weighted by atomic mass is 10.2. The fraction of sp³-hybridized carbons (Fsp3) is 0.417. The van der Waals surface area contributed by atoms with Crippen molar-refractivity contribution in [3.05, 3.63) is 10.6 Å². The van der Waals surface area contributed by atoms with Crippen LogP contribution in [0.2, 0.25) is 0 Å². The Kier molecular flexibility index (Phi) is 2.89. The monoisotopic (exact) mass is 293 g/mol. The lowest BCUT2D eigenvalue weighted by Crippen LogP contribution is -2.49. The molecule has 1 aliphatic rings. The smallest absolute Gasteiger partial charge is 0.266 e. The van der Waals surface area contributed by atoms with Gasteiger partial charge in [0.05, 0.1) is 23.3 Å². The lowest BCUT2D eigenvalue weighted by Gasteiger charge is -2.26. The van der Waals surface area contributed by atoms with Crippen LogP contribution in [-0.2, 0) is 11.8 Å². The molecule has 106 valence electrons. The van der Waals surface area contributed by atoms with Crippen LogP contribution in [0.5, 0.6) is 0 Å². The molecule has 0 bridgehead atoms. The van der Waals surface area contributed by atoms with E-state index in [0.717, 1.165) is 15.9 Å². The Morgan fingerprint density at radius 1 is 1.50 bits per heavy atom. The minimum Gasteiger partial charge on any atom is -0.397 e. The zero-order valence-corrected chi connectivity index (χ0v) is 12.1. The molecule has 0 unspecified atom stereocenters. The molecule has 1 fully saturated rings. The highest BCUT2D eigenvalue weighted by atomic mass is 32.1. The molecule has 20 heavy (non-hydrogen) atoms. The first kappa shape index (κ1) is 12.9. The molecule has 0 saturated carbocycles. The summed E-state index contributed by atoms with van der Waals surface area (Å²) >= 11 is 1.33. The van der Waals surface area contributed by atoms with E-state index >= 15 is 0 Å². The zero-order chi connectivity index (χ0) is 14.4. The number of nitrogens with two attached hydrogens (primary N) is 1. The van der Waals surface area contributed by atoms with E-state index in [1.165, 1.54) is 16.2 Å². The predicted molar refractivity (Wildman–Crippen MR) is 76.7 cm³/mol. The number of hydrogen-bond acceptors (Lipinski definition) is 5. The van der Waals surface area contributed by atoms with E-state index in [2.05, 4.69) is 10.4 Å². The van der Waals surface area contributed by atoms with E-state index in [1.807, 2.05) is 14.0 Å². The molecule has 2 amide bonds. The Hall–Kier alpha value is -2.09. The first-order chi connectivity index (χ1) is 9.49. The number of piperazine rings is 1. The van der Waals surface area contributed by atoms with Gasteiger partial charge < -0.3 is 16.0 Å². The molecule has 3 N–H and O–H groups in total. The van der Waals surface area contributed by atoms with Gasteiger partial charge in [0, 0.05) is 20.1 Å².